The summed E-state index contributed by atoms with van der Waals surface area (Å²) >= 11 is 0. The molecule has 0 aliphatic rings. The van der Waals surface area contributed by atoms with E-state index >= 15 is 0 Å². The molecule has 8 aromatic carbocycles. The first kappa shape index (κ1) is 31.9. The zero-order valence-corrected chi connectivity index (χ0v) is 30.2. The molecule has 56 heavy (non-hydrogen) atoms. The Morgan fingerprint density at radius 2 is 0.821 bits per heavy atom. The van der Waals surface area contributed by atoms with Crippen molar-refractivity contribution >= 4 is 43.7 Å². The van der Waals surface area contributed by atoms with Crippen molar-refractivity contribution in [3.8, 4) is 62.1 Å². The average Bonchev–Trinajstić information content (AvgIpc) is 3.82. The Kier molecular flexibility index (Phi) is 7.42. The van der Waals surface area contributed by atoms with Crippen molar-refractivity contribution in [2.24, 2.45) is 0 Å². The van der Waals surface area contributed by atoms with Gasteiger partial charge in [0.2, 0.25) is 0 Å². The van der Waals surface area contributed by atoms with Gasteiger partial charge in [0.05, 0.1) is 11.0 Å². The van der Waals surface area contributed by atoms with Crippen LogP contribution in [0.2, 0.25) is 0 Å². The molecule has 0 atom stereocenters. The van der Waals surface area contributed by atoms with Crippen LogP contribution in [-0.4, -0.2) is 19.5 Å². The molecule has 5 heteroatoms. The summed E-state index contributed by atoms with van der Waals surface area (Å²) in [5.74, 6) is 1.80. The van der Waals surface area contributed by atoms with Gasteiger partial charge in [-0.25, -0.2) is 15.0 Å². The minimum Gasteiger partial charge on any atom is -0.456 e. The van der Waals surface area contributed by atoms with Crippen molar-refractivity contribution in [2.75, 3.05) is 0 Å². The standard InChI is InChI=1S/C51H32N4O/c1-3-12-33(13-4-1)35-22-26-37(27-23-35)49-52-50(38-28-24-36(25-29-38)34-14-5-2-6-15-34)54-51(53-49)43-18-11-21-46-48(43)42-31-30-39(32-47(42)56-46)55-44-19-9-7-16-40(44)41-17-8-10-20-45(41)55/h1-32H. The molecule has 0 aliphatic heterocycles. The minimum absolute atomic E-state index is 0.587. The van der Waals surface area contributed by atoms with Crippen LogP contribution in [0.15, 0.2) is 199 Å². The first-order valence-electron chi connectivity index (χ1n) is 18.8. The molecule has 11 rings (SSSR count). The number of rotatable bonds is 6. The molecule has 3 heterocycles. The Bertz CT molecular complexity index is 3060. The van der Waals surface area contributed by atoms with Gasteiger partial charge in [0, 0.05) is 50.0 Å². The maximum absolute atomic E-state index is 6.63. The summed E-state index contributed by atoms with van der Waals surface area (Å²) in [5, 5.41) is 4.42. The van der Waals surface area contributed by atoms with Gasteiger partial charge in [-0.2, -0.15) is 0 Å². The van der Waals surface area contributed by atoms with Crippen LogP contribution >= 0.6 is 0 Å². The van der Waals surface area contributed by atoms with E-state index in [1.165, 1.54) is 10.8 Å². The zero-order chi connectivity index (χ0) is 37.0. The Hall–Kier alpha value is -7.63. The molecular weight excluding hydrogens is 685 g/mol. The van der Waals surface area contributed by atoms with E-state index in [1.807, 2.05) is 24.3 Å². The van der Waals surface area contributed by atoms with Crippen molar-refractivity contribution in [1.29, 1.82) is 0 Å². The maximum Gasteiger partial charge on any atom is 0.164 e. The predicted octanol–water partition coefficient (Wildman–Crippen LogP) is 13.2. The summed E-state index contributed by atoms with van der Waals surface area (Å²) in [6.07, 6.45) is 0. The Morgan fingerprint density at radius 3 is 1.39 bits per heavy atom. The van der Waals surface area contributed by atoms with E-state index in [0.717, 1.165) is 77.6 Å². The van der Waals surface area contributed by atoms with Gasteiger partial charge in [-0.15, -0.1) is 0 Å². The number of hydrogen-bond acceptors (Lipinski definition) is 4. The third-order valence-corrected chi connectivity index (χ3v) is 10.7. The summed E-state index contributed by atoms with van der Waals surface area (Å²) in [7, 11) is 0. The van der Waals surface area contributed by atoms with Crippen molar-refractivity contribution < 1.29 is 4.42 Å². The van der Waals surface area contributed by atoms with E-state index in [4.69, 9.17) is 19.4 Å². The highest BCUT2D eigenvalue weighted by Gasteiger charge is 2.19. The quantitative estimate of drug-likeness (QED) is 0.172. The molecule has 3 aromatic heterocycles. The van der Waals surface area contributed by atoms with E-state index in [0.29, 0.717) is 17.5 Å². The molecule has 0 saturated carbocycles. The fourth-order valence-corrected chi connectivity index (χ4v) is 7.98. The molecule has 0 radical (unpaired) electrons. The third kappa shape index (κ3) is 5.37. The summed E-state index contributed by atoms with van der Waals surface area (Å²) in [6.45, 7) is 0. The SMILES string of the molecule is c1ccc(-c2ccc(-c3nc(-c4ccc(-c5ccccc5)cc4)nc(-c4cccc5oc6cc(-n7c8ccccc8c8ccccc87)ccc6c45)n3)cc2)cc1. The van der Waals surface area contributed by atoms with Gasteiger partial charge in [-0.05, 0) is 52.6 Å². The number of aromatic nitrogens is 4. The summed E-state index contributed by atoms with van der Waals surface area (Å²) in [5.41, 5.74) is 12.2. The van der Waals surface area contributed by atoms with Gasteiger partial charge in [0.25, 0.3) is 0 Å². The van der Waals surface area contributed by atoms with Gasteiger partial charge in [0.1, 0.15) is 11.2 Å². The molecule has 0 N–H and O–H groups in total. The van der Waals surface area contributed by atoms with Gasteiger partial charge in [0.15, 0.2) is 17.5 Å². The van der Waals surface area contributed by atoms with Gasteiger partial charge < -0.3 is 8.98 Å². The van der Waals surface area contributed by atoms with E-state index in [9.17, 15) is 0 Å². The average molecular weight is 717 g/mol. The van der Waals surface area contributed by atoms with Crippen LogP contribution < -0.4 is 0 Å². The molecular formula is C51H32N4O. The Labute approximate surface area is 322 Å². The number of para-hydroxylation sites is 2. The van der Waals surface area contributed by atoms with Crippen molar-refractivity contribution in [3.05, 3.63) is 194 Å². The second kappa shape index (κ2) is 13.0. The highest BCUT2D eigenvalue weighted by molar-refractivity contribution is 6.13. The van der Waals surface area contributed by atoms with E-state index in [2.05, 4.69) is 174 Å². The predicted molar refractivity (Wildman–Crippen MR) is 229 cm³/mol. The Balaban J connectivity index is 1.07. The van der Waals surface area contributed by atoms with Crippen LogP contribution in [-0.2, 0) is 0 Å². The van der Waals surface area contributed by atoms with Crippen LogP contribution in [0.4, 0.5) is 0 Å². The number of hydrogen-bond donors (Lipinski definition) is 0. The van der Waals surface area contributed by atoms with Crippen LogP contribution in [0.5, 0.6) is 0 Å². The molecule has 0 spiro atoms. The topological polar surface area (TPSA) is 56.7 Å². The number of furan rings is 1. The monoisotopic (exact) mass is 716 g/mol. The molecule has 0 aliphatic carbocycles. The third-order valence-electron chi connectivity index (χ3n) is 10.7. The van der Waals surface area contributed by atoms with Crippen LogP contribution in [0.25, 0.3) is 106 Å². The van der Waals surface area contributed by atoms with E-state index < -0.39 is 0 Å². The fourth-order valence-electron chi connectivity index (χ4n) is 7.98. The van der Waals surface area contributed by atoms with Crippen molar-refractivity contribution in [2.45, 2.75) is 0 Å². The molecule has 262 valence electrons. The Morgan fingerprint density at radius 1 is 0.339 bits per heavy atom. The normalized spacial score (nSPS) is 11.6. The first-order valence-corrected chi connectivity index (χ1v) is 18.8. The minimum atomic E-state index is 0.587. The second-order valence-corrected chi connectivity index (χ2v) is 14.0. The lowest BCUT2D eigenvalue weighted by atomic mass is 10.0. The second-order valence-electron chi connectivity index (χ2n) is 14.0. The summed E-state index contributed by atoms with van der Waals surface area (Å²) in [6, 6.07) is 67.4. The number of nitrogens with zero attached hydrogens (tertiary/aromatic N) is 4. The number of fused-ring (bicyclic) bond motifs is 6. The van der Waals surface area contributed by atoms with Gasteiger partial charge >= 0.3 is 0 Å². The van der Waals surface area contributed by atoms with Crippen LogP contribution in [0.1, 0.15) is 0 Å². The lowest BCUT2D eigenvalue weighted by Crippen LogP contribution is -2.00. The smallest absolute Gasteiger partial charge is 0.164 e. The number of benzene rings is 8. The van der Waals surface area contributed by atoms with E-state index in [-0.39, 0.29) is 0 Å². The maximum atomic E-state index is 6.63. The van der Waals surface area contributed by atoms with Gasteiger partial charge in [-0.3, -0.25) is 0 Å². The summed E-state index contributed by atoms with van der Waals surface area (Å²) < 4.78 is 8.95. The highest BCUT2D eigenvalue weighted by atomic mass is 16.3. The van der Waals surface area contributed by atoms with Crippen molar-refractivity contribution in [1.82, 2.24) is 19.5 Å². The largest absolute Gasteiger partial charge is 0.456 e. The lowest BCUT2D eigenvalue weighted by Gasteiger charge is -2.10. The molecule has 0 unspecified atom stereocenters. The molecule has 0 saturated heterocycles. The lowest BCUT2D eigenvalue weighted by molar-refractivity contribution is 0.668. The first-order chi connectivity index (χ1) is 27.7. The molecule has 5 nitrogen and oxygen atoms in total. The van der Waals surface area contributed by atoms with Crippen molar-refractivity contribution in [3.63, 3.8) is 0 Å². The zero-order valence-electron chi connectivity index (χ0n) is 30.2. The fraction of sp³-hybridized carbons (Fsp3) is 0. The molecule has 0 fully saturated rings. The summed E-state index contributed by atoms with van der Waals surface area (Å²) in [4.78, 5) is 15.4. The highest BCUT2D eigenvalue weighted by Crippen LogP contribution is 2.39. The van der Waals surface area contributed by atoms with E-state index in [1.54, 1.807) is 0 Å². The van der Waals surface area contributed by atoms with Gasteiger partial charge in [-0.1, -0.05) is 158 Å². The molecule has 11 aromatic rings. The van der Waals surface area contributed by atoms with Crippen LogP contribution in [0.3, 0.4) is 0 Å². The van der Waals surface area contributed by atoms with Crippen LogP contribution in [0, 0.1) is 0 Å². The molecule has 0 bridgehead atoms. The molecule has 0 amide bonds.